The van der Waals surface area contributed by atoms with Crippen LogP contribution in [0.5, 0.6) is 0 Å². The van der Waals surface area contributed by atoms with E-state index < -0.39 is 5.41 Å². The van der Waals surface area contributed by atoms with Crippen molar-refractivity contribution in [1.82, 2.24) is 0 Å². The van der Waals surface area contributed by atoms with Crippen LogP contribution in [-0.2, 0) is 5.41 Å². The maximum absolute atomic E-state index is 6.93. The van der Waals surface area contributed by atoms with Crippen LogP contribution in [0.3, 0.4) is 0 Å². The Morgan fingerprint density at radius 3 is 1.86 bits per heavy atom. The summed E-state index contributed by atoms with van der Waals surface area (Å²) < 4.78 is 0. The average molecular weight is 477 g/mol. The summed E-state index contributed by atoms with van der Waals surface area (Å²) in [5.74, 6) is 0. The molecule has 0 fully saturated rings. The summed E-state index contributed by atoms with van der Waals surface area (Å²) in [5, 5.41) is 3.34. The molecule has 2 aliphatic carbocycles. The second-order valence-electron chi connectivity index (χ2n) is 9.79. The zero-order chi connectivity index (χ0) is 23.9. The van der Waals surface area contributed by atoms with Gasteiger partial charge in [0.15, 0.2) is 0 Å². The summed E-state index contributed by atoms with van der Waals surface area (Å²) in [6.45, 7) is 0. The standard InChI is InChI=1S/C35H21Cl/c36-24-20-28(22-10-2-1-3-11-22)34-27-15-7-9-17-30(27)35(32(34)21-24)29-16-8-6-14-26(29)33-25-13-5-4-12-23(25)18-19-31(33)35/h1-21H. The molecule has 0 N–H and O–H groups in total. The van der Waals surface area contributed by atoms with Crippen LogP contribution in [0.4, 0.5) is 0 Å². The van der Waals surface area contributed by atoms with Gasteiger partial charge >= 0.3 is 0 Å². The van der Waals surface area contributed by atoms with Crippen LogP contribution in [0.25, 0.3) is 44.2 Å². The molecule has 0 saturated heterocycles. The van der Waals surface area contributed by atoms with E-state index in [0.29, 0.717) is 0 Å². The molecule has 1 unspecified atom stereocenters. The summed E-state index contributed by atoms with van der Waals surface area (Å²) in [6.07, 6.45) is 0. The minimum Gasteiger partial charge on any atom is -0.0843 e. The normalized spacial score (nSPS) is 16.6. The highest BCUT2D eigenvalue weighted by atomic mass is 35.5. The number of rotatable bonds is 1. The maximum Gasteiger partial charge on any atom is 0.0726 e. The van der Waals surface area contributed by atoms with E-state index in [9.17, 15) is 0 Å². The fourth-order valence-electron chi connectivity index (χ4n) is 6.84. The molecule has 8 rings (SSSR count). The second kappa shape index (κ2) is 7.20. The van der Waals surface area contributed by atoms with E-state index in [4.69, 9.17) is 11.6 Å². The quantitative estimate of drug-likeness (QED) is 0.221. The highest BCUT2D eigenvalue weighted by molar-refractivity contribution is 6.31. The number of hydrogen-bond acceptors (Lipinski definition) is 0. The van der Waals surface area contributed by atoms with Crippen LogP contribution < -0.4 is 0 Å². The van der Waals surface area contributed by atoms with Crippen molar-refractivity contribution in [3.05, 3.63) is 155 Å². The van der Waals surface area contributed by atoms with Crippen LogP contribution >= 0.6 is 11.6 Å². The maximum atomic E-state index is 6.93. The third-order valence-electron chi connectivity index (χ3n) is 8.13. The van der Waals surface area contributed by atoms with Gasteiger partial charge < -0.3 is 0 Å². The molecule has 0 nitrogen and oxygen atoms in total. The third-order valence-corrected chi connectivity index (χ3v) is 8.34. The molecule has 6 aromatic rings. The molecule has 6 aromatic carbocycles. The molecule has 36 heavy (non-hydrogen) atoms. The Balaban J connectivity index is 1.60. The Morgan fingerprint density at radius 2 is 1.08 bits per heavy atom. The van der Waals surface area contributed by atoms with E-state index in [1.807, 2.05) is 0 Å². The Labute approximate surface area is 215 Å². The van der Waals surface area contributed by atoms with Gasteiger partial charge in [0, 0.05) is 5.02 Å². The summed E-state index contributed by atoms with van der Waals surface area (Å²) in [6, 6.07) is 46.3. The van der Waals surface area contributed by atoms with Crippen LogP contribution in [0.15, 0.2) is 127 Å². The molecular formula is C35H21Cl. The highest BCUT2D eigenvalue weighted by Crippen LogP contribution is 2.65. The first-order chi connectivity index (χ1) is 17.8. The molecule has 0 heterocycles. The number of hydrogen-bond donors (Lipinski definition) is 0. The van der Waals surface area contributed by atoms with Crippen molar-refractivity contribution in [2.75, 3.05) is 0 Å². The van der Waals surface area contributed by atoms with Crippen molar-refractivity contribution < 1.29 is 0 Å². The van der Waals surface area contributed by atoms with Gasteiger partial charge in [-0.2, -0.15) is 0 Å². The van der Waals surface area contributed by atoms with E-state index in [2.05, 4.69) is 127 Å². The van der Waals surface area contributed by atoms with Gasteiger partial charge in [-0.05, 0) is 78.5 Å². The number of fused-ring (bicyclic) bond motifs is 12. The van der Waals surface area contributed by atoms with Gasteiger partial charge in [0.25, 0.3) is 0 Å². The van der Waals surface area contributed by atoms with Gasteiger partial charge in [0.05, 0.1) is 5.41 Å². The van der Waals surface area contributed by atoms with Gasteiger partial charge in [-0.25, -0.2) is 0 Å². The van der Waals surface area contributed by atoms with Crippen molar-refractivity contribution in [3.63, 3.8) is 0 Å². The fraction of sp³-hybridized carbons (Fsp3) is 0.0286. The Kier molecular flexibility index (Phi) is 4.02. The Bertz CT molecular complexity index is 1850. The lowest BCUT2D eigenvalue weighted by Gasteiger charge is -2.30. The monoisotopic (exact) mass is 476 g/mol. The van der Waals surface area contributed by atoms with Gasteiger partial charge in [0.2, 0.25) is 0 Å². The van der Waals surface area contributed by atoms with Crippen LogP contribution in [0.2, 0.25) is 5.02 Å². The minimum atomic E-state index is -0.406. The lowest BCUT2D eigenvalue weighted by molar-refractivity contribution is 0.794. The van der Waals surface area contributed by atoms with Gasteiger partial charge in [0.1, 0.15) is 0 Å². The Morgan fingerprint density at radius 1 is 0.444 bits per heavy atom. The topological polar surface area (TPSA) is 0 Å². The molecule has 1 atom stereocenters. The first kappa shape index (κ1) is 20.1. The molecule has 0 radical (unpaired) electrons. The molecule has 0 amide bonds. The summed E-state index contributed by atoms with van der Waals surface area (Å²) in [7, 11) is 0. The van der Waals surface area contributed by atoms with Crippen molar-refractivity contribution in [2.24, 2.45) is 0 Å². The molecule has 1 spiro atoms. The molecule has 0 bridgehead atoms. The van der Waals surface area contributed by atoms with E-state index in [-0.39, 0.29) is 0 Å². The SMILES string of the molecule is Clc1cc(-c2ccccc2)c2c(c1)C1(c3ccccc3-2)c2ccccc2-c2c1ccc1ccccc21. The first-order valence-corrected chi connectivity index (χ1v) is 12.8. The van der Waals surface area contributed by atoms with Crippen molar-refractivity contribution in [2.45, 2.75) is 5.41 Å². The van der Waals surface area contributed by atoms with E-state index >= 15 is 0 Å². The lowest BCUT2D eigenvalue weighted by Crippen LogP contribution is -2.25. The molecule has 168 valence electrons. The van der Waals surface area contributed by atoms with Gasteiger partial charge in [-0.15, -0.1) is 0 Å². The van der Waals surface area contributed by atoms with Crippen LogP contribution in [0.1, 0.15) is 22.3 Å². The first-order valence-electron chi connectivity index (χ1n) is 12.4. The zero-order valence-corrected chi connectivity index (χ0v) is 20.3. The lowest BCUT2D eigenvalue weighted by atomic mass is 9.70. The summed E-state index contributed by atoms with van der Waals surface area (Å²) in [5.41, 5.74) is 12.5. The predicted molar refractivity (Wildman–Crippen MR) is 151 cm³/mol. The van der Waals surface area contributed by atoms with Crippen LogP contribution in [-0.4, -0.2) is 0 Å². The molecule has 1 heteroatoms. The summed E-state index contributed by atoms with van der Waals surface area (Å²) in [4.78, 5) is 0. The molecule has 0 aromatic heterocycles. The fourth-order valence-corrected chi connectivity index (χ4v) is 7.06. The number of benzene rings is 6. The highest BCUT2D eigenvalue weighted by Gasteiger charge is 2.52. The molecule has 0 aliphatic heterocycles. The van der Waals surface area contributed by atoms with Crippen molar-refractivity contribution >= 4 is 22.4 Å². The minimum absolute atomic E-state index is 0.406. The zero-order valence-electron chi connectivity index (χ0n) is 19.5. The number of halogens is 1. The predicted octanol–water partition coefficient (Wildman–Crippen LogP) is 9.50. The van der Waals surface area contributed by atoms with E-state index in [1.165, 1.54) is 66.4 Å². The van der Waals surface area contributed by atoms with Gasteiger partial charge in [-0.1, -0.05) is 127 Å². The van der Waals surface area contributed by atoms with E-state index in [0.717, 1.165) is 5.02 Å². The second-order valence-corrected chi connectivity index (χ2v) is 10.2. The third kappa shape index (κ3) is 2.40. The van der Waals surface area contributed by atoms with Crippen LogP contribution in [0, 0.1) is 0 Å². The smallest absolute Gasteiger partial charge is 0.0726 e. The largest absolute Gasteiger partial charge is 0.0843 e. The van der Waals surface area contributed by atoms with Crippen molar-refractivity contribution in [1.29, 1.82) is 0 Å². The molecular weight excluding hydrogens is 456 g/mol. The van der Waals surface area contributed by atoms with E-state index in [1.54, 1.807) is 0 Å². The summed E-state index contributed by atoms with van der Waals surface area (Å²) >= 11 is 6.93. The van der Waals surface area contributed by atoms with Crippen molar-refractivity contribution in [3.8, 4) is 33.4 Å². The van der Waals surface area contributed by atoms with Gasteiger partial charge in [-0.3, -0.25) is 0 Å². The molecule has 0 saturated carbocycles. The average Bonchev–Trinajstić information content (AvgIpc) is 3.40. The Hall–Kier alpha value is -4.13. The molecule has 2 aliphatic rings.